The van der Waals surface area contributed by atoms with Crippen LogP contribution in [-0.2, 0) is 19.1 Å². The molecule has 3 atom stereocenters. The van der Waals surface area contributed by atoms with Crippen LogP contribution in [0.25, 0.3) is 0 Å². The lowest BCUT2D eigenvalue weighted by Gasteiger charge is -2.28. The van der Waals surface area contributed by atoms with E-state index in [1.807, 2.05) is 0 Å². The van der Waals surface area contributed by atoms with Gasteiger partial charge in [0.1, 0.15) is 11.8 Å². The molecule has 2 rings (SSSR count). The smallest absolute Gasteiger partial charge is 0.240 e. The molecule has 3 N–H and O–H groups in total. The van der Waals surface area contributed by atoms with Crippen LogP contribution in [-0.4, -0.2) is 36.9 Å². The number of amides is 2. The highest BCUT2D eigenvalue weighted by Gasteiger charge is 2.34. The Morgan fingerprint density at radius 1 is 1.37 bits per heavy atom. The van der Waals surface area contributed by atoms with Gasteiger partial charge in [-0.15, -0.1) is 0 Å². The minimum atomic E-state index is -0.739. The summed E-state index contributed by atoms with van der Waals surface area (Å²) in [5.41, 5.74) is 5.36. The van der Waals surface area contributed by atoms with E-state index in [0.717, 1.165) is 12.8 Å². The third-order valence-electron chi connectivity index (χ3n) is 3.90. The summed E-state index contributed by atoms with van der Waals surface area (Å²) in [5.74, 6) is -0.988. The predicted molar refractivity (Wildman–Crippen MR) is 67.0 cm³/mol. The number of hydrogen-bond donors (Lipinski definition) is 2. The molecule has 0 aromatic heterocycles. The molecule has 19 heavy (non-hydrogen) atoms. The largest absolute Gasteiger partial charge is 0.381 e. The van der Waals surface area contributed by atoms with Gasteiger partial charge >= 0.3 is 0 Å². The first-order valence-corrected chi connectivity index (χ1v) is 6.77. The van der Waals surface area contributed by atoms with E-state index in [4.69, 9.17) is 10.5 Å². The zero-order valence-corrected chi connectivity index (χ0v) is 10.9. The average Bonchev–Trinajstić information content (AvgIpc) is 2.89. The van der Waals surface area contributed by atoms with Crippen LogP contribution < -0.4 is 11.1 Å². The second-order valence-corrected chi connectivity index (χ2v) is 5.34. The van der Waals surface area contributed by atoms with Crippen molar-refractivity contribution in [2.45, 2.75) is 38.1 Å². The van der Waals surface area contributed by atoms with Crippen molar-refractivity contribution < 1.29 is 19.1 Å². The van der Waals surface area contributed by atoms with E-state index in [-0.39, 0.29) is 23.5 Å². The quantitative estimate of drug-likeness (QED) is 0.734. The number of nitrogens with one attached hydrogen (secondary N) is 1. The van der Waals surface area contributed by atoms with Crippen molar-refractivity contribution in [2.24, 2.45) is 17.6 Å². The fraction of sp³-hybridized carbons (Fsp3) is 0.769. The van der Waals surface area contributed by atoms with Gasteiger partial charge in [-0.2, -0.15) is 0 Å². The van der Waals surface area contributed by atoms with Crippen LogP contribution in [0.3, 0.4) is 0 Å². The fourth-order valence-electron chi connectivity index (χ4n) is 2.78. The minimum absolute atomic E-state index is 0.140. The first-order chi connectivity index (χ1) is 9.08. The highest BCUT2D eigenvalue weighted by molar-refractivity contribution is 5.89. The Morgan fingerprint density at radius 2 is 2.16 bits per heavy atom. The maximum absolute atomic E-state index is 12.0. The maximum atomic E-state index is 12.0. The molecular weight excluding hydrogens is 248 g/mol. The van der Waals surface area contributed by atoms with Crippen LogP contribution >= 0.6 is 0 Å². The highest BCUT2D eigenvalue weighted by atomic mass is 16.5. The standard InChI is InChI=1S/C13H20N2O4/c14-12(17)11(8-2-1-3-10(16)6-8)15-13(18)9-4-5-19-7-9/h8-9,11H,1-7H2,(H2,14,17)(H,15,18)/t8-,9+,11+/m0/s1. The van der Waals surface area contributed by atoms with Crippen molar-refractivity contribution in [3.63, 3.8) is 0 Å². The number of rotatable bonds is 4. The van der Waals surface area contributed by atoms with Crippen molar-refractivity contribution in [3.8, 4) is 0 Å². The van der Waals surface area contributed by atoms with E-state index in [1.165, 1.54) is 0 Å². The number of primary amides is 1. The van der Waals surface area contributed by atoms with Crippen LogP contribution in [0.1, 0.15) is 32.1 Å². The van der Waals surface area contributed by atoms with Gasteiger partial charge in [0.25, 0.3) is 0 Å². The summed E-state index contributed by atoms with van der Waals surface area (Å²) < 4.78 is 5.15. The Morgan fingerprint density at radius 3 is 2.74 bits per heavy atom. The molecule has 1 heterocycles. The van der Waals surface area contributed by atoms with E-state index >= 15 is 0 Å². The second-order valence-electron chi connectivity index (χ2n) is 5.34. The zero-order valence-electron chi connectivity index (χ0n) is 10.9. The number of hydrogen-bond acceptors (Lipinski definition) is 4. The van der Waals surface area contributed by atoms with E-state index in [1.54, 1.807) is 0 Å². The summed E-state index contributed by atoms with van der Waals surface area (Å²) >= 11 is 0. The van der Waals surface area contributed by atoms with E-state index < -0.39 is 11.9 Å². The highest BCUT2D eigenvalue weighted by Crippen LogP contribution is 2.25. The van der Waals surface area contributed by atoms with Gasteiger partial charge in [0, 0.05) is 19.4 Å². The minimum Gasteiger partial charge on any atom is -0.381 e. The zero-order chi connectivity index (χ0) is 13.8. The number of Topliss-reactive ketones (excluding diaryl/α,β-unsaturated/α-hetero) is 1. The van der Waals surface area contributed by atoms with E-state index in [9.17, 15) is 14.4 Å². The predicted octanol–water partition coefficient (Wildman–Crippen LogP) is -0.248. The summed E-state index contributed by atoms with van der Waals surface area (Å²) in [6, 6.07) is -0.739. The molecule has 0 aromatic rings. The van der Waals surface area contributed by atoms with Crippen molar-refractivity contribution >= 4 is 17.6 Å². The van der Waals surface area contributed by atoms with Crippen molar-refractivity contribution in [2.75, 3.05) is 13.2 Å². The molecule has 2 aliphatic rings. The van der Waals surface area contributed by atoms with Gasteiger partial charge < -0.3 is 15.8 Å². The molecule has 0 spiro atoms. The second kappa shape index (κ2) is 6.14. The SMILES string of the molecule is NC(=O)[C@H](NC(=O)[C@@H]1CCOC1)[C@H]1CCCC(=O)C1. The molecule has 2 amide bonds. The van der Waals surface area contributed by atoms with Gasteiger partial charge in [-0.3, -0.25) is 14.4 Å². The molecule has 2 fully saturated rings. The molecule has 0 aromatic carbocycles. The van der Waals surface area contributed by atoms with Crippen LogP contribution in [0.5, 0.6) is 0 Å². The lowest BCUT2D eigenvalue weighted by Crippen LogP contribution is -2.51. The molecule has 6 heteroatoms. The lowest BCUT2D eigenvalue weighted by atomic mass is 9.82. The van der Waals surface area contributed by atoms with Gasteiger partial charge in [-0.05, 0) is 25.2 Å². The third kappa shape index (κ3) is 3.53. The molecule has 1 saturated carbocycles. The van der Waals surface area contributed by atoms with Crippen molar-refractivity contribution in [1.82, 2.24) is 5.32 Å². The average molecular weight is 268 g/mol. The third-order valence-corrected chi connectivity index (χ3v) is 3.90. The molecule has 106 valence electrons. The van der Waals surface area contributed by atoms with Gasteiger partial charge in [0.2, 0.25) is 11.8 Å². The first kappa shape index (κ1) is 14.0. The van der Waals surface area contributed by atoms with Gasteiger partial charge in [0.05, 0.1) is 12.5 Å². The van der Waals surface area contributed by atoms with Crippen LogP contribution in [0, 0.1) is 11.8 Å². The van der Waals surface area contributed by atoms with Gasteiger partial charge in [-0.25, -0.2) is 0 Å². The monoisotopic (exact) mass is 268 g/mol. The summed E-state index contributed by atoms with van der Waals surface area (Å²) in [7, 11) is 0. The fourth-order valence-corrected chi connectivity index (χ4v) is 2.78. The maximum Gasteiger partial charge on any atom is 0.240 e. The van der Waals surface area contributed by atoms with Gasteiger partial charge in [-0.1, -0.05) is 0 Å². The molecule has 0 bridgehead atoms. The normalized spacial score (nSPS) is 28.9. The van der Waals surface area contributed by atoms with Crippen LogP contribution in [0.2, 0.25) is 0 Å². The molecule has 1 saturated heterocycles. The number of ether oxygens (including phenoxy) is 1. The summed E-state index contributed by atoms with van der Waals surface area (Å²) in [6.45, 7) is 0.960. The molecular formula is C13H20N2O4. The topological polar surface area (TPSA) is 98.5 Å². The Bertz CT molecular complexity index is 377. The van der Waals surface area contributed by atoms with Crippen molar-refractivity contribution in [3.05, 3.63) is 0 Å². The molecule has 1 aliphatic heterocycles. The number of nitrogens with two attached hydrogens (primary N) is 1. The van der Waals surface area contributed by atoms with Crippen molar-refractivity contribution in [1.29, 1.82) is 0 Å². The number of carbonyl (C=O) groups is 3. The molecule has 0 radical (unpaired) electrons. The molecule has 1 aliphatic carbocycles. The number of carbonyl (C=O) groups excluding carboxylic acids is 3. The van der Waals surface area contributed by atoms with E-state index in [0.29, 0.717) is 32.5 Å². The first-order valence-electron chi connectivity index (χ1n) is 6.77. The molecule has 6 nitrogen and oxygen atoms in total. The Hall–Kier alpha value is -1.43. The van der Waals surface area contributed by atoms with Crippen LogP contribution in [0.4, 0.5) is 0 Å². The summed E-state index contributed by atoms with van der Waals surface area (Å²) in [4.78, 5) is 35.0. The summed E-state index contributed by atoms with van der Waals surface area (Å²) in [6.07, 6.45) is 3.07. The van der Waals surface area contributed by atoms with Gasteiger partial charge in [0.15, 0.2) is 0 Å². The molecule has 0 unspecified atom stereocenters. The summed E-state index contributed by atoms with van der Waals surface area (Å²) in [5, 5.41) is 2.70. The Labute approximate surface area is 112 Å². The Balaban J connectivity index is 1.97. The van der Waals surface area contributed by atoms with E-state index in [2.05, 4.69) is 5.32 Å². The van der Waals surface area contributed by atoms with Crippen LogP contribution in [0.15, 0.2) is 0 Å². The Kier molecular flexibility index (Phi) is 4.52. The lowest BCUT2D eigenvalue weighted by molar-refractivity contribution is -0.132. The number of ketones is 1.